The van der Waals surface area contributed by atoms with Gasteiger partial charge in [-0.3, -0.25) is 4.79 Å². The number of ether oxygens (including phenoxy) is 2. The van der Waals surface area contributed by atoms with Crippen molar-refractivity contribution in [1.82, 2.24) is 0 Å². The fourth-order valence-corrected chi connectivity index (χ4v) is 3.11. The minimum atomic E-state index is -0.666. The van der Waals surface area contributed by atoms with Gasteiger partial charge in [-0.1, -0.05) is 89.5 Å². The van der Waals surface area contributed by atoms with Crippen LogP contribution in [-0.2, 0) is 24.5 Å². The molecular formula is C27H51O6. The van der Waals surface area contributed by atoms with Crippen LogP contribution in [0.25, 0.3) is 0 Å². The van der Waals surface area contributed by atoms with E-state index in [4.69, 9.17) is 24.8 Å². The zero-order chi connectivity index (χ0) is 25.4. The molecule has 0 fully saturated rings. The Labute approximate surface area is 204 Å². The highest BCUT2D eigenvalue weighted by Gasteiger charge is 2.00. The second kappa shape index (κ2) is 35.6. The van der Waals surface area contributed by atoms with E-state index in [1.54, 1.807) is 6.08 Å². The maximum Gasteiger partial charge on any atom is 0.303 e. The zero-order valence-corrected chi connectivity index (χ0v) is 21.1. The van der Waals surface area contributed by atoms with Crippen LogP contribution in [-0.4, -0.2) is 43.8 Å². The summed E-state index contributed by atoms with van der Waals surface area (Å²) in [7, 11) is 0. The fraction of sp³-hybridized carbons (Fsp3) is 0.778. The van der Waals surface area contributed by atoms with E-state index in [9.17, 15) is 4.79 Å². The van der Waals surface area contributed by atoms with Crippen molar-refractivity contribution < 1.29 is 29.6 Å². The molecule has 0 aromatic rings. The van der Waals surface area contributed by atoms with E-state index in [0.717, 1.165) is 25.9 Å². The third-order valence-corrected chi connectivity index (χ3v) is 4.74. The van der Waals surface area contributed by atoms with E-state index in [1.165, 1.54) is 77.0 Å². The van der Waals surface area contributed by atoms with E-state index < -0.39 is 5.97 Å². The Morgan fingerprint density at radius 2 is 1.03 bits per heavy atom. The molecular weight excluding hydrogens is 420 g/mol. The molecule has 6 heteroatoms. The molecule has 0 aliphatic carbocycles. The Morgan fingerprint density at radius 3 is 1.36 bits per heavy atom. The van der Waals surface area contributed by atoms with E-state index in [0.29, 0.717) is 13.0 Å². The molecule has 0 aromatic carbocycles. The molecule has 0 bridgehead atoms. The smallest absolute Gasteiger partial charge is 0.303 e. The monoisotopic (exact) mass is 471 g/mol. The highest BCUT2D eigenvalue weighted by atomic mass is 16.7. The lowest BCUT2D eigenvalue weighted by atomic mass is 10.0. The van der Waals surface area contributed by atoms with Gasteiger partial charge in [-0.15, -0.1) is 6.58 Å². The molecule has 0 rings (SSSR count). The van der Waals surface area contributed by atoms with Crippen LogP contribution in [0.3, 0.4) is 0 Å². The van der Waals surface area contributed by atoms with Crippen LogP contribution in [0.5, 0.6) is 0 Å². The Bertz CT molecular complexity index is 361. The van der Waals surface area contributed by atoms with Crippen molar-refractivity contribution in [3.8, 4) is 0 Å². The first kappa shape index (κ1) is 36.6. The Morgan fingerprint density at radius 1 is 0.697 bits per heavy atom. The highest BCUT2D eigenvalue weighted by molar-refractivity contribution is 5.66. The molecule has 0 heterocycles. The van der Waals surface area contributed by atoms with Crippen molar-refractivity contribution in [3.63, 3.8) is 0 Å². The van der Waals surface area contributed by atoms with Crippen molar-refractivity contribution in [2.45, 2.75) is 109 Å². The minimum Gasteiger partial charge on any atom is -0.481 e. The summed E-state index contributed by atoms with van der Waals surface area (Å²) in [6.07, 6.45) is 20.4. The van der Waals surface area contributed by atoms with Gasteiger partial charge in [-0.2, -0.15) is 0 Å². The van der Waals surface area contributed by atoms with Crippen molar-refractivity contribution >= 4 is 5.97 Å². The number of carbonyl (C=O) groups is 1. The summed E-state index contributed by atoms with van der Waals surface area (Å²) in [5.41, 5.74) is 0. The Hall–Kier alpha value is -0.950. The molecule has 0 aromatic heterocycles. The van der Waals surface area contributed by atoms with Gasteiger partial charge in [0.05, 0.1) is 19.8 Å². The molecule has 6 nitrogen and oxygen atoms in total. The SMILES string of the molecule is [CH2]C(OCC=C)OCCCCCCCCCCCCCCCCCC(=O)O.[CH2]C[O].[CH2]C[O]. The van der Waals surface area contributed by atoms with Crippen LogP contribution < -0.4 is 0 Å². The molecule has 1 N–H and O–H groups in total. The summed E-state index contributed by atoms with van der Waals surface area (Å²) in [6, 6.07) is 0. The average molecular weight is 472 g/mol. The van der Waals surface area contributed by atoms with Gasteiger partial charge in [-0.05, 0) is 26.7 Å². The topological polar surface area (TPSA) is 95.6 Å². The molecule has 0 saturated carbocycles. The number of carboxylic acid groups (broad SMARTS) is 1. The van der Waals surface area contributed by atoms with Crippen LogP contribution >= 0.6 is 0 Å². The summed E-state index contributed by atoms with van der Waals surface area (Å²) in [6.45, 7) is 14.0. The van der Waals surface area contributed by atoms with E-state index in [2.05, 4.69) is 27.4 Å². The number of carboxylic acids is 1. The van der Waals surface area contributed by atoms with Crippen molar-refractivity contribution in [1.29, 1.82) is 0 Å². The first-order valence-corrected chi connectivity index (χ1v) is 12.6. The van der Waals surface area contributed by atoms with E-state index in [-0.39, 0.29) is 19.5 Å². The molecule has 5 radical (unpaired) electrons. The largest absolute Gasteiger partial charge is 0.481 e. The quantitative estimate of drug-likeness (QED) is 0.103. The summed E-state index contributed by atoms with van der Waals surface area (Å²) in [5.74, 6) is -0.666. The van der Waals surface area contributed by atoms with Crippen LogP contribution in [0.1, 0.15) is 103 Å². The maximum atomic E-state index is 10.4. The van der Waals surface area contributed by atoms with Gasteiger partial charge in [-0.25, -0.2) is 10.2 Å². The van der Waals surface area contributed by atoms with Crippen molar-refractivity contribution in [2.24, 2.45) is 0 Å². The average Bonchev–Trinajstić information content (AvgIpc) is 2.77. The molecule has 0 aliphatic rings. The standard InChI is InChI=1S/C23H43O4.2C2H4O/c1-3-20-26-22(2)27-21-18-16-14-12-10-8-6-4-5-7-9-11-13-15-17-19-23(24)25;2*1-2-3/h3,22H,1-2,4-21H2,(H,24,25);2*1-2H2. The predicted octanol–water partition coefficient (Wildman–Crippen LogP) is 7.19. The van der Waals surface area contributed by atoms with Gasteiger partial charge in [0.2, 0.25) is 0 Å². The second-order valence-electron chi connectivity index (χ2n) is 7.78. The van der Waals surface area contributed by atoms with Gasteiger partial charge in [0.1, 0.15) is 0 Å². The zero-order valence-electron chi connectivity index (χ0n) is 21.1. The molecule has 195 valence electrons. The number of hydrogen-bond acceptors (Lipinski definition) is 3. The summed E-state index contributed by atoms with van der Waals surface area (Å²) >= 11 is 0. The van der Waals surface area contributed by atoms with Gasteiger partial charge < -0.3 is 14.6 Å². The lowest BCUT2D eigenvalue weighted by Gasteiger charge is -2.12. The van der Waals surface area contributed by atoms with Crippen LogP contribution in [0.2, 0.25) is 0 Å². The van der Waals surface area contributed by atoms with Gasteiger partial charge in [0.15, 0.2) is 6.29 Å². The van der Waals surface area contributed by atoms with E-state index >= 15 is 0 Å². The molecule has 33 heavy (non-hydrogen) atoms. The molecule has 0 amide bonds. The minimum absolute atomic E-state index is 0.250. The number of aliphatic carboxylic acids is 1. The second-order valence-corrected chi connectivity index (χ2v) is 7.78. The van der Waals surface area contributed by atoms with Crippen LogP contribution in [0, 0.1) is 20.8 Å². The first-order chi connectivity index (χ1) is 16.0. The van der Waals surface area contributed by atoms with Gasteiger partial charge in [0, 0.05) is 20.0 Å². The highest BCUT2D eigenvalue weighted by Crippen LogP contribution is 2.13. The molecule has 0 spiro atoms. The lowest BCUT2D eigenvalue weighted by Crippen LogP contribution is -2.14. The Kier molecular flexibility index (Phi) is 39.5. The molecule has 0 saturated heterocycles. The van der Waals surface area contributed by atoms with E-state index in [1.807, 2.05) is 0 Å². The molecule has 0 aliphatic heterocycles. The predicted molar refractivity (Wildman–Crippen MR) is 135 cm³/mol. The summed E-state index contributed by atoms with van der Waals surface area (Å²) < 4.78 is 10.7. The number of hydrogen-bond donors (Lipinski definition) is 1. The van der Waals surface area contributed by atoms with Gasteiger partial charge in [0.25, 0.3) is 0 Å². The third-order valence-electron chi connectivity index (χ3n) is 4.74. The first-order valence-electron chi connectivity index (χ1n) is 12.6. The number of rotatable bonds is 22. The summed E-state index contributed by atoms with van der Waals surface area (Å²) in [4.78, 5) is 10.4. The fourth-order valence-electron chi connectivity index (χ4n) is 3.11. The molecule has 1 atom stereocenters. The van der Waals surface area contributed by atoms with Crippen LogP contribution in [0.15, 0.2) is 12.7 Å². The molecule has 1 unspecified atom stereocenters. The van der Waals surface area contributed by atoms with Crippen molar-refractivity contribution in [3.05, 3.63) is 33.4 Å². The lowest BCUT2D eigenvalue weighted by molar-refractivity contribution is -0.137. The normalized spacial score (nSPS) is 11.1. The summed E-state index contributed by atoms with van der Waals surface area (Å²) in [5, 5.41) is 26.2. The number of unbranched alkanes of at least 4 members (excludes halogenated alkanes) is 14. The maximum absolute atomic E-state index is 10.4. The van der Waals surface area contributed by atoms with Crippen LogP contribution in [0.4, 0.5) is 0 Å². The Balaban J connectivity index is -0.00000134. The van der Waals surface area contributed by atoms with Gasteiger partial charge >= 0.3 is 5.97 Å². The third kappa shape index (κ3) is 45.3. The van der Waals surface area contributed by atoms with Crippen molar-refractivity contribution in [2.75, 3.05) is 26.4 Å².